The molecule has 26 heavy (non-hydrogen) atoms. The van der Waals surface area contributed by atoms with Crippen LogP contribution >= 0.6 is 0 Å². The van der Waals surface area contributed by atoms with Gasteiger partial charge in [-0.1, -0.05) is 12.1 Å². The molecular weight excluding hydrogens is 356 g/mol. The molecule has 4 N–H and O–H groups in total. The fraction of sp³-hybridized carbons (Fsp3) is 0.176. The van der Waals surface area contributed by atoms with Crippen molar-refractivity contribution in [3.05, 3.63) is 48.0 Å². The monoisotopic (exact) mass is 374 g/mol. The third-order valence-electron chi connectivity index (χ3n) is 3.68. The van der Waals surface area contributed by atoms with Crippen molar-refractivity contribution in [2.45, 2.75) is 24.8 Å². The van der Waals surface area contributed by atoms with Crippen LogP contribution in [0.3, 0.4) is 0 Å². The number of nitrogens with zero attached hydrogens (tertiary/aromatic N) is 2. The summed E-state index contributed by atoms with van der Waals surface area (Å²) in [4.78, 5) is 15.6. The van der Waals surface area contributed by atoms with E-state index in [-0.39, 0.29) is 22.4 Å². The summed E-state index contributed by atoms with van der Waals surface area (Å²) < 4.78 is 29.0. The molecule has 0 aliphatic carbocycles. The molecule has 0 spiro atoms. The number of aromatic nitrogens is 2. The van der Waals surface area contributed by atoms with Gasteiger partial charge in [-0.3, -0.25) is 4.57 Å². The summed E-state index contributed by atoms with van der Waals surface area (Å²) in [7, 11) is -3.88. The Morgan fingerprint density at radius 2 is 1.92 bits per heavy atom. The fourth-order valence-corrected chi connectivity index (χ4v) is 4.00. The lowest BCUT2D eigenvalue weighted by molar-refractivity contribution is 0.0696. The highest BCUT2D eigenvalue weighted by atomic mass is 32.2. The van der Waals surface area contributed by atoms with Crippen molar-refractivity contribution < 1.29 is 18.3 Å². The van der Waals surface area contributed by atoms with Crippen LogP contribution in [0.1, 0.15) is 24.2 Å². The normalized spacial score (nSPS) is 12.0. The van der Waals surface area contributed by atoms with Crippen LogP contribution in [0, 0.1) is 0 Å². The zero-order chi connectivity index (χ0) is 19.1. The zero-order valence-corrected chi connectivity index (χ0v) is 15.0. The van der Waals surface area contributed by atoms with Gasteiger partial charge in [0.05, 0.1) is 27.2 Å². The Kier molecular flexibility index (Phi) is 4.43. The van der Waals surface area contributed by atoms with E-state index in [0.29, 0.717) is 16.7 Å². The molecule has 136 valence electrons. The molecule has 0 unspecified atom stereocenters. The molecular formula is C17H18N4O4S. The number of aromatic carboxylic acids is 1. The van der Waals surface area contributed by atoms with E-state index in [9.17, 15) is 18.3 Å². The summed E-state index contributed by atoms with van der Waals surface area (Å²) in [5.74, 6) is -1.11. The van der Waals surface area contributed by atoms with E-state index in [1.54, 1.807) is 38.1 Å². The highest BCUT2D eigenvalue weighted by molar-refractivity contribution is 7.89. The molecule has 0 fully saturated rings. The lowest BCUT2D eigenvalue weighted by Gasteiger charge is -2.13. The van der Waals surface area contributed by atoms with E-state index < -0.39 is 16.0 Å². The molecule has 3 rings (SSSR count). The predicted octanol–water partition coefficient (Wildman–Crippen LogP) is 1.99. The van der Waals surface area contributed by atoms with Crippen LogP contribution < -0.4 is 10.5 Å². The van der Waals surface area contributed by atoms with Crippen molar-refractivity contribution >= 4 is 33.0 Å². The van der Waals surface area contributed by atoms with Gasteiger partial charge in [-0.2, -0.15) is 0 Å². The number of anilines is 1. The van der Waals surface area contributed by atoms with Crippen LogP contribution in [0.5, 0.6) is 0 Å². The molecule has 0 aliphatic rings. The van der Waals surface area contributed by atoms with Crippen molar-refractivity contribution in [2.75, 3.05) is 5.73 Å². The Bertz CT molecular complexity index is 1100. The molecule has 0 amide bonds. The van der Waals surface area contributed by atoms with Crippen LogP contribution in [0.2, 0.25) is 0 Å². The number of carboxylic acids is 1. The molecule has 3 aromatic rings. The van der Waals surface area contributed by atoms with Gasteiger partial charge in [0, 0.05) is 6.04 Å². The lowest BCUT2D eigenvalue weighted by Crippen LogP contribution is -2.30. The summed E-state index contributed by atoms with van der Waals surface area (Å²) in [5, 5.41) is 9.39. The molecule has 0 atom stereocenters. The third-order valence-corrected chi connectivity index (χ3v) is 5.32. The molecule has 9 heteroatoms. The van der Waals surface area contributed by atoms with Gasteiger partial charge in [0.2, 0.25) is 16.0 Å². The number of nitrogen functional groups attached to an aromatic ring is 1. The maximum absolute atomic E-state index is 12.5. The number of rotatable bonds is 5. The van der Waals surface area contributed by atoms with E-state index >= 15 is 0 Å². The lowest BCUT2D eigenvalue weighted by atomic mass is 10.2. The SMILES string of the molecule is CC(C)NS(=O)(=O)c1cc(C(=O)O)cc(-n2c(N)nc3ccccc32)c1. The van der Waals surface area contributed by atoms with Crippen LogP contribution in [-0.2, 0) is 10.0 Å². The van der Waals surface area contributed by atoms with Gasteiger partial charge in [-0.15, -0.1) is 0 Å². The van der Waals surface area contributed by atoms with Crippen LogP contribution in [-0.4, -0.2) is 35.1 Å². The van der Waals surface area contributed by atoms with Gasteiger partial charge in [0.15, 0.2) is 0 Å². The fourth-order valence-electron chi connectivity index (χ4n) is 2.69. The predicted molar refractivity (Wildman–Crippen MR) is 97.9 cm³/mol. The number of fused-ring (bicyclic) bond motifs is 1. The topological polar surface area (TPSA) is 127 Å². The number of nitrogens with two attached hydrogens (primary N) is 1. The van der Waals surface area contributed by atoms with Crippen LogP contribution in [0.25, 0.3) is 16.7 Å². The van der Waals surface area contributed by atoms with Crippen LogP contribution in [0.4, 0.5) is 5.95 Å². The summed E-state index contributed by atoms with van der Waals surface area (Å²) in [6, 6.07) is 10.6. The smallest absolute Gasteiger partial charge is 0.335 e. The highest BCUT2D eigenvalue weighted by Crippen LogP contribution is 2.26. The van der Waals surface area contributed by atoms with Crippen molar-refractivity contribution in [3.63, 3.8) is 0 Å². The second-order valence-electron chi connectivity index (χ2n) is 6.09. The number of imidazole rings is 1. The number of carbonyl (C=O) groups is 1. The number of benzene rings is 2. The Morgan fingerprint density at radius 3 is 2.58 bits per heavy atom. The molecule has 0 aliphatic heterocycles. The second kappa shape index (κ2) is 6.43. The van der Waals surface area contributed by atoms with Crippen molar-refractivity contribution in [2.24, 2.45) is 0 Å². The summed E-state index contributed by atoms with van der Waals surface area (Å²) >= 11 is 0. The molecule has 0 saturated heterocycles. The maximum atomic E-state index is 12.5. The quantitative estimate of drug-likeness (QED) is 0.627. The Balaban J connectivity index is 2.28. The van der Waals surface area contributed by atoms with E-state index in [4.69, 9.17) is 5.73 Å². The van der Waals surface area contributed by atoms with Gasteiger partial charge in [0.1, 0.15) is 0 Å². The number of sulfonamides is 1. The molecule has 0 saturated carbocycles. The van der Waals surface area contributed by atoms with E-state index in [2.05, 4.69) is 9.71 Å². The third kappa shape index (κ3) is 3.26. The van der Waals surface area contributed by atoms with E-state index in [1.807, 2.05) is 0 Å². The number of nitrogens with one attached hydrogen (secondary N) is 1. The molecule has 1 aromatic heterocycles. The second-order valence-corrected chi connectivity index (χ2v) is 7.80. The Hall–Kier alpha value is -2.91. The van der Waals surface area contributed by atoms with Crippen LogP contribution in [0.15, 0.2) is 47.4 Å². The number of carboxylic acid groups (broad SMARTS) is 1. The van der Waals surface area contributed by atoms with Crippen molar-refractivity contribution in [1.82, 2.24) is 14.3 Å². The Labute approximate surface area is 150 Å². The summed E-state index contributed by atoms with van der Waals surface area (Å²) in [5.41, 5.74) is 7.40. The van der Waals surface area contributed by atoms with E-state index in [0.717, 1.165) is 6.07 Å². The first-order valence-electron chi connectivity index (χ1n) is 7.83. The van der Waals surface area contributed by atoms with Crippen molar-refractivity contribution in [3.8, 4) is 5.69 Å². The van der Waals surface area contributed by atoms with E-state index in [1.165, 1.54) is 16.7 Å². The largest absolute Gasteiger partial charge is 0.478 e. The molecule has 0 radical (unpaired) electrons. The van der Waals surface area contributed by atoms with Gasteiger partial charge in [-0.25, -0.2) is 22.9 Å². The highest BCUT2D eigenvalue weighted by Gasteiger charge is 2.21. The summed E-state index contributed by atoms with van der Waals surface area (Å²) in [6.45, 7) is 3.36. The molecule has 0 bridgehead atoms. The number of hydrogen-bond acceptors (Lipinski definition) is 5. The standard InChI is InChI=1S/C17H18N4O4S/c1-10(2)20-26(24,25)13-8-11(16(22)23)7-12(9-13)21-15-6-4-3-5-14(15)19-17(21)18/h3-10,20H,1-2H3,(H2,18,19)(H,22,23). The van der Waals surface area contributed by atoms with Gasteiger partial charge < -0.3 is 10.8 Å². The summed E-state index contributed by atoms with van der Waals surface area (Å²) in [6.07, 6.45) is 0. The average Bonchev–Trinajstić information content (AvgIpc) is 2.89. The van der Waals surface area contributed by atoms with Gasteiger partial charge in [-0.05, 0) is 44.2 Å². The first-order chi connectivity index (χ1) is 12.2. The Morgan fingerprint density at radius 1 is 1.23 bits per heavy atom. The number of hydrogen-bond donors (Lipinski definition) is 3. The maximum Gasteiger partial charge on any atom is 0.335 e. The molecule has 1 heterocycles. The van der Waals surface area contributed by atoms with Crippen molar-refractivity contribution in [1.29, 1.82) is 0 Å². The first kappa shape index (κ1) is 17.9. The first-order valence-corrected chi connectivity index (χ1v) is 9.31. The zero-order valence-electron chi connectivity index (χ0n) is 14.2. The molecule has 8 nitrogen and oxygen atoms in total. The minimum absolute atomic E-state index is 0.133. The van der Waals surface area contributed by atoms with Gasteiger partial charge >= 0.3 is 5.97 Å². The minimum atomic E-state index is -3.88. The molecule has 2 aromatic carbocycles. The van der Waals surface area contributed by atoms with Gasteiger partial charge in [0.25, 0.3) is 0 Å². The average molecular weight is 374 g/mol. The number of para-hydroxylation sites is 2. The minimum Gasteiger partial charge on any atom is -0.478 e.